The van der Waals surface area contributed by atoms with Crippen LogP contribution in [-0.4, -0.2) is 36.2 Å². The van der Waals surface area contributed by atoms with E-state index in [1.165, 1.54) is 42.5 Å². The van der Waals surface area contributed by atoms with Crippen LogP contribution < -0.4 is 10.1 Å². The number of nitriles is 1. The van der Waals surface area contributed by atoms with Gasteiger partial charge in [-0.25, -0.2) is 9.59 Å². The van der Waals surface area contributed by atoms with Crippen molar-refractivity contribution in [2.45, 2.75) is 6.92 Å². The molecule has 0 aliphatic heterocycles. The van der Waals surface area contributed by atoms with E-state index in [1.807, 2.05) is 0 Å². The summed E-state index contributed by atoms with van der Waals surface area (Å²) in [7, 11) is 0. The lowest BCUT2D eigenvalue weighted by Gasteiger charge is -2.10. The molecule has 0 radical (unpaired) electrons. The second-order valence-corrected chi connectivity index (χ2v) is 6.73. The van der Waals surface area contributed by atoms with Gasteiger partial charge in [0.2, 0.25) is 0 Å². The summed E-state index contributed by atoms with van der Waals surface area (Å²) in [4.78, 5) is 34.9. The maximum Gasteiger partial charge on any atom is 0.344 e. The summed E-state index contributed by atoms with van der Waals surface area (Å²) in [6, 6.07) is 10.2. The quantitative estimate of drug-likeness (QED) is 0.342. The summed E-state index contributed by atoms with van der Waals surface area (Å²) in [5.41, 5.74) is 0.264. The number of carboxylic acid groups (broad SMARTS) is 1. The predicted molar refractivity (Wildman–Crippen MR) is 114 cm³/mol. The van der Waals surface area contributed by atoms with Crippen LogP contribution in [0.1, 0.15) is 22.8 Å². The summed E-state index contributed by atoms with van der Waals surface area (Å²) in [5.74, 6) is -2.43. The van der Waals surface area contributed by atoms with Crippen LogP contribution in [0.4, 0.5) is 5.69 Å². The van der Waals surface area contributed by atoms with Crippen molar-refractivity contribution >= 4 is 52.8 Å². The summed E-state index contributed by atoms with van der Waals surface area (Å²) >= 11 is 12.3. The molecule has 2 rings (SSSR count). The number of carbonyl (C=O) groups is 3. The minimum Gasteiger partial charge on any atom is -0.479 e. The molecule has 0 saturated heterocycles. The van der Waals surface area contributed by atoms with Crippen LogP contribution in [0.25, 0.3) is 6.08 Å². The number of amides is 1. The molecule has 1 amide bonds. The Morgan fingerprint density at radius 2 is 1.87 bits per heavy atom. The molecule has 0 atom stereocenters. The number of hydrogen-bond donors (Lipinski definition) is 2. The summed E-state index contributed by atoms with van der Waals surface area (Å²) < 4.78 is 10.0. The number of benzene rings is 2. The number of nitrogens with one attached hydrogen (secondary N) is 1. The van der Waals surface area contributed by atoms with E-state index in [1.54, 1.807) is 13.0 Å². The molecule has 0 aliphatic carbocycles. The maximum atomic E-state index is 12.4. The largest absolute Gasteiger partial charge is 0.479 e. The van der Waals surface area contributed by atoms with Crippen molar-refractivity contribution in [2.24, 2.45) is 0 Å². The Labute approximate surface area is 187 Å². The number of esters is 1. The van der Waals surface area contributed by atoms with Crippen molar-refractivity contribution < 1.29 is 29.0 Å². The van der Waals surface area contributed by atoms with Gasteiger partial charge in [-0.15, -0.1) is 0 Å². The Kier molecular flexibility index (Phi) is 8.43. The monoisotopic (exact) mass is 462 g/mol. The van der Waals surface area contributed by atoms with Crippen molar-refractivity contribution in [3.8, 4) is 11.8 Å². The molecule has 0 fully saturated rings. The molecule has 31 heavy (non-hydrogen) atoms. The highest BCUT2D eigenvalue weighted by Gasteiger charge is 2.15. The van der Waals surface area contributed by atoms with Gasteiger partial charge >= 0.3 is 11.9 Å². The number of carboxylic acids is 1. The first kappa shape index (κ1) is 23.7. The van der Waals surface area contributed by atoms with Crippen molar-refractivity contribution in [1.82, 2.24) is 0 Å². The van der Waals surface area contributed by atoms with Gasteiger partial charge in [0, 0.05) is 5.69 Å². The fraction of sp³-hybridized carbons (Fsp3) is 0.143. The molecule has 2 aromatic carbocycles. The Hall–Kier alpha value is -3.54. The van der Waals surface area contributed by atoms with Gasteiger partial charge in [0.25, 0.3) is 5.91 Å². The topological polar surface area (TPSA) is 126 Å². The van der Waals surface area contributed by atoms with Crippen molar-refractivity contribution in [3.05, 3.63) is 63.1 Å². The molecule has 0 heterocycles. The molecule has 2 N–H and O–H groups in total. The van der Waals surface area contributed by atoms with Gasteiger partial charge in [-0.2, -0.15) is 5.26 Å². The normalized spacial score (nSPS) is 10.7. The first-order chi connectivity index (χ1) is 14.7. The fourth-order valence-corrected chi connectivity index (χ4v) is 2.99. The zero-order chi connectivity index (χ0) is 23.0. The van der Waals surface area contributed by atoms with E-state index in [-0.39, 0.29) is 45.8 Å². The minimum absolute atomic E-state index is 0.0164. The van der Waals surface area contributed by atoms with Crippen LogP contribution in [-0.2, 0) is 14.3 Å². The second-order valence-electron chi connectivity index (χ2n) is 5.92. The Bertz CT molecular complexity index is 1070. The van der Waals surface area contributed by atoms with E-state index < -0.39 is 17.8 Å². The first-order valence-corrected chi connectivity index (χ1v) is 9.54. The predicted octanol–water partition coefficient (Wildman–Crippen LogP) is 4.18. The first-order valence-electron chi connectivity index (χ1n) is 8.79. The molecule has 0 bridgehead atoms. The molecule has 0 aromatic heterocycles. The number of halogens is 2. The summed E-state index contributed by atoms with van der Waals surface area (Å²) in [6.45, 7) is 1.47. The highest BCUT2D eigenvalue weighted by molar-refractivity contribution is 6.37. The number of nitrogens with zero attached hydrogens (tertiary/aromatic N) is 1. The van der Waals surface area contributed by atoms with E-state index in [4.69, 9.17) is 37.8 Å². The van der Waals surface area contributed by atoms with E-state index >= 15 is 0 Å². The third kappa shape index (κ3) is 6.74. The molecule has 0 unspecified atom stereocenters. The molecular formula is C21H16Cl2N2O6. The van der Waals surface area contributed by atoms with Gasteiger partial charge < -0.3 is 19.9 Å². The van der Waals surface area contributed by atoms with Gasteiger partial charge in [-0.1, -0.05) is 29.3 Å². The zero-order valence-corrected chi connectivity index (χ0v) is 17.7. The second kappa shape index (κ2) is 11.0. The standard InChI is InChI=1S/C21H16Cl2N2O6/c1-2-30-18(26)11-31-19-16(22)7-12(8-17(19)23)6-14(10-24)20(27)25-15-5-3-4-13(9-15)21(28)29/h3-9H,2,11H2,1H3,(H,25,27)(H,28,29)/b14-6-. The maximum absolute atomic E-state index is 12.4. The minimum atomic E-state index is -1.15. The van der Waals surface area contributed by atoms with E-state index in [0.717, 1.165) is 0 Å². The smallest absolute Gasteiger partial charge is 0.344 e. The lowest BCUT2D eigenvalue weighted by molar-refractivity contribution is -0.145. The Morgan fingerprint density at radius 1 is 1.19 bits per heavy atom. The molecule has 10 heteroatoms. The zero-order valence-electron chi connectivity index (χ0n) is 16.1. The fourth-order valence-electron chi connectivity index (χ4n) is 2.38. The average molecular weight is 463 g/mol. The lowest BCUT2D eigenvalue weighted by atomic mass is 10.1. The Balaban J connectivity index is 2.21. The summed E-state index contributed by atoms with van der Waals surface area (Å²) in [5, 5.41) is 21.0. The molecule has 160 valence electrons. The number of aromatic carboxylic acids is 1. The molecule has 0 spiro atoms. The number of rotatable bonds is 8. The van der Waals surface area contributed by atoms with Gasteiger partial charge in [0.1, 0.15) is 11.6 Å². The van der Waals surface area contributed by atoms with E-state index in [9.17, 15) is 19.6 Å². The Morgan fingerprint density at radius 3 is 2.45 bits per heavy atom. The van der Waals surface area contributed by atoms with Crippen LogP contribution in [0, 0.1) is 11.3 Å². The highest BCUT2D eigenvalue weighted by atomic mass is 35.5. The lowest BCUT2D eigenvalue weighted by Crippen LogP contribution is -2.15. The van der Waals surface area contributed by atoms with Crippen LogP contribution in [0.5, 0.6) is 5.75 Å². The molecular weight excluding hydrogens is 447 g/mol. The highest BCUT2D eigenvalue weighted by Crippen LogP contribution is 2.35. The number of ether oxygens (including phenoxy) is 2. The number of anilines is 1. The van der Waals surface area contributed by atoms with E-state index in [2.05, 4.69) is 5.32 Å². The van der Waals surface area contributed by atoms with Crippen molar-refractivity contribution in [2.75, 3.05) is 18.5 Å². The average Bonchev–Trinajstić information content (AvgIpc) is 2.71. The third-order valence-corrected chi connectivity index (χ3v) is 4.27. The van der Waals surface area contributed by atoms with Crippen LogP contribution in [0.15, 0.2) is 42.0 Å². The van der Waals surface area contributed by atoms with Crippen LogP contribution in [0.3, 0.4) is 0 Å². The van der Waals surface area contributed by atoms with Crippen LogP contribution in [0.2, 0.25) is 10.0 Å². The molecule has 0 aliphatic rings. The summed E-state index contributed by atoms with van der Waals surface area (Å²) in [6.07, 6.45) is 1.25. The molecule has 8 nitrogen and oxygen atoms in total. The number of carbonyl (C=O) groups excluding carboxylic acids is 2. The van der Waals surface area contributed by atoms with Gasteiger partial charge in [0.05, 0.1) is 22.2 Å². The van der Waals surface area contributed by atoms with Crippen LogP contribution >= 0.6 is 23.2 Å². The SMILES string of the molecule is CCOC(=O)COc1c(Cl)cc(/C=C(/C#N)C(=O)Nc2cccc(C(=O)O)c2)cc1Cl. The number of hydrogen-bond acceptors (Lipinski definition) is 6. The van der Waals surface area contributed by atoms with Gasteiger partial charge in [0.15, 0.2) is 12.4 Å². The van der Waals surface area contributed by atoms with Crippen molar-refractivity contribution in [1.29, 1.82) is 5.26 Å². The van der Waals surface area contributed by atoms with Gasteiger partial charge in [-0.05, 0) is 48.9 Å². The molecule has 0 saturated carbocycles. The van der Waals surface area contributed by atoms with E-state index in [0.29, 0.717) is 5.56 Å². The van der Waals surface area contributed by atoms with Gasteiger partial charge in [-0.3, -0.25) is 4.79 Å². The third-order valence-electron chi connectivity index (χ3n) is 3.70. The van der Waals surface area contributed by atoms with Crippen molar-refractivity contribution in [3.63, 3.8) is 0 Å². The molecule has 2 aromatic rings.